The van der Waals surface area contributed by atoms with Crippen LogP contribution in [0.5, 0.6) is 5.75 Å². The van der Waals surface area contributed by atoms with Crippen LogP contribution < -0.4 is 15.4 Å². The lowest BCUT2D eigenvalue weighted by atomic mass is 10.2. The van der Waals surface area contributed by atoms with Crippen molar-refractivity contribution in [2.75, 3.05) is 17.2 Å². The smallest absolute Gasteiger partial charge is 0.255 e. The number of benzene rings is 2. The minimum Gasteiger partial charge on any atom is -0.492 e. The van der Waals surface area contributed by atoms with Crippen LogP contribution in [0.4, 0.5) is 17.3 Å². The maximum Gasteiger partial charge on any atom is 0.255 e. The molecule has 0 saturated carbocycles. The number of carbonyl (C=O) groups excluding carboxylic acids is 1. The molecule has 0 radical (unpaired) electrons. The van der Waals surface area contributed by atoms with Crippen molar-refractivity contribution < 1.29 is 9.53 Å². The number of para-hydroxylation sites is 2. The molecule has 0 bridgehead atoms. The second kappa shape index (κ2) is 8.31. The Morgan fingerprint density at radius 1 is 1.00 bits per heavy atom. The standard InChI is InChI=1S/C21H22N4O2/c1-4-27-19-8-6-5-7-18(19)25-20(26)16-9-11-17(12-10-16)24-21-22-14(2)13-15(3)23-21/h5-13H,4H2,1-3H3,(H,25,26)(H,22,23,24). The monoisotopic (exact) mass is 362 g/mol. The molecule has 3 rings (SSSR count). The van der Waals surface area contributed by atoms with Gasteiger partial charge in [0.2, 0.25) is 5.95 Å². The van der Waals surface area contributed by atoms with Crippen molar-refractivity contribution in [3.63, 3.8) is 0 Å². The van der Waals surface area contributed by atoms with Crippen molar-refractivity contribution in [3.05, 3.63) is 71.5 Å². The average Bonchev–Trinajstić information content (AvgIpc) is 2.63. The zero-order valence-electron chi connectivity index (χ0n) is 15.6. The molecular formula is C21H22N4O2. The molecule has 0 fully saturated rings. The van der Waals surface area contributed by atoms with Gasteiger partial charge in [0, 0.05) is 22.6 Å². The van der Waals surface area contributed by atoms with Gasteiger partial charge in [-0.15, -0.1) is 0 Å². The number of hydrogen-bond donors (Lipinski definition) is 2. The van der Waals surface area contributed by atoms with Crippen LogP contribution in [-0.2, 0) is 0 Å². The molecule has 0 atom stereocenters. The second-order valence-electron chi connectivity index (χ2n) is 6.06. The zero-order valence-corrected chi connectivity index (χ0v) is 15.6. The summed E-state index contributed by atoms with van der Waals surface area (Å²) in [6.45, 7) is 6.29. The summed E-state index contributed by atoms with van der Waals surface area (Å²) >= 11 is 0. The number of anilines is 3. The van der Waals surface area contributed by atoms with E-state index in [-0.39, 0.29) is 5.91 Å². The third kappa shape index (κ3) is 4.82. The average molecular weight is 362 g/mol. The molecule has 2 N–H and O–H groups in total. The molecule has 2 aromatic carbocycles. The van der Waals surface area contributed by atoms with Gasteiger partial charge in [0.1, 0.15) is 5.75 Å². The van der Waals surface area contributed by atoms with Gasteiger partial charge in [-0.05, 0) is 63.2 Å². The number of nitrogens with one attached hydrogen (secondary N) is 2. The summed E-state index contributed by atoms with van der Waals surface area (Å²) < 4.78 is 5.54. The number of aryl methyl sites for hydroxylation is 2. The van der Waals surface area contributed by atoms with E-state index in [4.69, 9.17) is 4.74 Å². The quantitative estimate of drug-likeness (QED) is 0.676. The number of ether oxygens (including phenoxy) is 1. The Morgan fingerprint density at radius 2 is 1.67 bits per heavy atom. The van der Waals surface area contributed by atoms with Crippen LogP contribution in [0.25, 0.3) is 0 Å². The Hall–Kier alpha value is -3.41. The Balaban J connectivity index is 1.70. The van der Waals surface area contributed by atoms with Crippen LogP contribution in [0.3, 0.4) is 0 Å². The minimum absolute atomic E-state index is 0.198. The third-order valence-electron chi connectivity index (χ3n) is 3.82. The molecule has 6 heteroatoms. The molecule has 0 aliphatic carbocycles. The first-order valence-corrected chi connectivity index (χ1v) is 8.77. The molecule has 0 saturated heterocycles. The lowest BCUT2D eigenvalue weighted by Crippen LogP contribution is -2.13. The second-order valence-corrected chi connectivity index (χ2v) is 6.06. The fourth-order valence-electron chi connectivity index (χ4n) is 2.66. The summed E-state index contributed by atoms with van der Waals surface area (Å²) in [5.41, 5.74) is 3.80. The van der Waals surface area contributed by atoms with E-state index in [2.05, 4.69) is 20.6 Å². The van der Waals surface area contributed by atoms with Crippen LogP contribution in [-0.4, -0.2) is 22.5 Å². The van der Waals surface area contributed by atoms with E-state index in [0.717, 1.165) is 17.1 Å². The summed E-state index contributed by atoms with van der Waals surface area (Å²) in [4.78, 5) is 21.2. The molecule has 1 heterocycles. The maximum absolute atomic E-state index is 12.5. The normalized spacial score (nSPS) is 10.3. The van der Waals surface area contributed by atoms with Crippen LogP contribution in [0.1, 0.15) is 28.7 Å². The highest BCUT2D eigenvalue weighted by molar-refractivity contribution is 6.05. The number of carbonyl (C=O) groups is 1. The number of rotatable bonds is 6. The van der Waals surface area contributed by atoms with Gasteiger partial charge in [-0.1, -0.05) is 12.1 Å². The predicted octanol–water partition coefficient (Wildman–Crippen LogP) is 4.49. The lowest BCUT2D eigenvalue weighted by molar-refractivity contribution is 0.102. The fourth-order valence-corrected chi connectivity index (χ4v) is 2.66. The zero-order chi connectivity index (χ0) is 19.2. The van der Waals surface area contributed by atoms with E-state index < -0.39 is 0 Å². The van der Waals surface area contributed by atoms with E-state index in [1.807, 2.05) is 63.2 Å². The summed E-state index contributed by atoms with van der Waals surface area (Å²) in [7, 11) is 0. The van der Waals surface area contributed by atoms with Crippen LogP contribution >= 0.6 is 0 Å². The highest BCUT2D eigenvalue weighted by Crippen LogP contribution is 2.24. The topological polar surface area (TPSA) is 76.1 Å². The van der Waals surface area contributed by atoms with Gasteiger partial charge in [0.25, 0.3) is 5.91 Å². The fraction of sp³-hybridized carbons (Fsp3) is 0.190. The molecule has 6 nitrogen and oxygen atoms in total. The van der Waals surface area contributed by atoms with Crippen molar-refractivity contribution in [1.82, 2.24) is 9.97 Å². The molecular weight excluding hydrogens is 340 g/mol. The summed E-state index contributed by atoms with van der Waals surface area (Å²) in [6, 6.07) is 16.4. The summed E-state index contributed by atoms with van der Waals surface area (Å²) in [5, 5.41) is 6.04. The molecule has 0 aliphatic rings. The Bertz CT molecular complexity index is 919. The van der Waals surface area contributed by atoms with Gasteiger partial charge in [-0.2, -0.15) is 0 Å². The van der Waals surface area contributed by atoms with Crippen molar-refractivity contribution in [2.24, 2.45) is 0 Å². The van der Waals surface area contributed by atoms with E-state index in [0.29, 0.717) is 29.6 Å². The van der Waals surface area contributed by atoms with Gasteiger partial charge in [-0.25, -0.2) is 9.97 Å². The van der Waals surface area contributed by atoms with Crippen LogP contribution in [0, 0.1) is 13.8 Å². The van der Waals surface area contributed by atoms with Crippen molar-refractivity contribution >= 4 is 23.2 Å². The molecule has 27 heavy (non-hydrogen) atoms. The van der Waals surface area contributed by atoms with Crippen molar-refractivity contribution in [1.29, 1.82) is 0 Å². The van der Waals surface area contributed by atoms with Gasteiger partial charge in [0.15, 0.2) is 0 Å². The first-order valence-electron chi connectivity index (χ1n) is 8.77. The lowest BCUT2D eigenvalue weighted by Gasteiger charge is -2.11. The van der Waals surface area contributed by atoms with E-state index >= 15 is 0 Å². The van der Waals surface area contributed by atoms with Crippen LogP contribution in [0.2, 0.25) is 0 Å². The van der Waals surface area contributed by atoms with E-state index in [9.17, 15) is 4.79 Å². The molecule has 1 aromatic heterocycles. The molecule has 1 amide bonds. The summed E-state index contributed by atoms with van der Waals surface area (Å²) in [5.74, 6) is 0.991. The van der Waals surface area contributed by atoms with Crippen molar-refractivity contribution in [2.45, 2.75) is 20.8 Å². The SMILES string of the molecule is CCOc1ccccc1NC(=O)c1ccc(Nc2nc(C)cc(C)n2)cc1. The first kappa shape index (κ1) is 18.4. The molecule has 3 aromatic rings. The molecule has 0 aliphatic heterocycles. The maximum atomic E-state index is 12.5. The molecule has 0 unspecified atom stereocenters. The molecule has 0 spiro atoms. The number of hydrogen-bond acceptors (Lipinski definition) is 5. The predicted molar refractivity (Wildman–Crippen MR) is 107 cm³/mol. The number of amides is 1. The molecule has 138 valence electrons. The van der Waals surface area contributed by atoms with Crippen molar-refractivity contribution in [3.8, 4) is 5.75 Å². The highest BCUT2D eigenvalue weighted by Gasteiger charge is 2.10. The Morgan fingerprint density at radius 3 is 2.33 bits per heavy atom. The Labute approximate surface area is 158 Å². The van der Waals surface area contributed by atoms with Gasteiger partial charge in [-0.3, -0.25) is 4.79 Å². The minimum atomic E-state index is -0.198. The van der Waals surface area contributed by atoms with Gasteiger partial charge < -0.3 is 15.4 Å². The van der Waals surface area contributed by atoms with E-state index in [1.54, 1.807) is 12.1 Å². The first-order chi connectivity index (χ1) is 13.0. The number of aromatic nitrogens is 2. The van der Waals surface area contributed by atoms with E-state index in [1.165, 1.54) is 0 Å². The largest absolute Gasteiger partial charge is 0.492 e. The summed E-state index contributed by atoms with van der Waals surface area (Å²) in [6.07, 6.45) is 0. The van der Waals surface area contributed by atoms with Gasteiger partial charge >= 0.3 is 0 Å². The third-order valence-corrected chi connectivity index (χ3v) is 3.82. The van der Waals surface area contributed by atoms with Crippen LogP contribution in [0.15, 0.2) is 54.6 Å². The Kier molecular flexibility index (Phi) is 5.66. The highest BCUT2D eigenvalue weighted by atomic mass is 16.5. The van der Waals surface area contributed by atoms with Gasteiger partial charge in [0.05, 0.1) is 12.3 Å². The number of nitrogens with zero attached hydrogens (tertiary/aromatic N) is 2.